The van der Waals surface area contributed by atoms with Crippen molar-refractivity contribution in [2.45, 2.75) is 13.3 Å². The van der Waals surface area contributed by atoms with Gasteiger partial charge in [0, 0.05) is 24.7 Å². The molecule has 1 aliphatic heterocycles. The number of sulfone groups is 1. The molecule has 0 aromatic carbocycles. The van der Waals surface area contributed by atoms with Gasteiger partial charge in [0.1, 0.15) is 9.84 Å². The molecule has 1 amide bonds. The maximum atomic E-state index is 12.2. The Morgan fingerprint density at radius 2 is 2.33 bits per heavy atom. The minimum Gasteiger partial charge on any atom is -0.338 e. The summed E-state index contributed by atoms with van der Waals surface area (Å²) in [6, 6.07) is 0. The number of aryl methyl sites for hydroxylation is 1. The lowest BCUT2D eigenvalue weighted by atomic mass is 10.2. The minimum absolute atomic E-state index is 0.0303. The van der Waals surface area contributed by atoms with Gasteiger partial charge < -0.3 is 4.90 Å². The van der Waals surface area contributed by atoms with Crippen molar-refractivity contribution in [1.82, 2.24) is 9.27 Å². The molecule has 0 saturated carbocycles. The number of carbonyl (C=O) groups is 1. The molecular formula is C11H16N2O3S2. The monoisotopic (exact) mass is 288 g/mol. The zero-order chi connectivity index (χ0) is 13.3. The number of likely N-dealkylation sites (tertiary alicyclic amines) is 1. The first-order valence-corrected chi connectivity index (χ1v) is 8.64. The van der Waals surface area contributed by atoms with Gasteiger partial charge >= 0.3 is 0 Å². The van der Waals surface area contributed by atoms with E-state index in [9.17, 15) is 13.2 Å². The third kappa shape index (κ3) is 3.08. The molecule has 1 fully saturated rings. The third-order valence-corrected chi connectivity index (χ3v) is 4.89. The molecule has 0 N–H and O–H groups in total. The van der Waals surface area contributed by atoms with Crippen LogP contribution in [0.5, 0.6) is 0 Å². The van der Waals surface area contributed by atoms with Gasteiger partial charge in [0.25, 0.3) is 5.91 Å². The van der Waals surface area contributed by atoms with Crippen molar-refractivity contribution >= 4 is 27.3 Å². The molecule has 1 aromatic heterocycles. The summed E-state index contributed by atoms with van der Waals surface area (Å²) in [6.45, 7) is 2.98. The Kier molecular flexibility index (Phi) is 3.72. The highest BCUT2D eigenvalue weighted by Crippen LogP contribution is 2.21. The van der Waals surface area contributed by atoms with E-state index in [1.165, 1.54) is 17.8 Å². The molecule has 1 saturated heterocycles. The molecule has 0 spiro atoms. The van der Waals surface area contributed by atoms with Crippen LogP contribution in [0, 0.1) is 12.8 Å². The van der Waals surface area contributed by atoms with E-state index in [0.29, 0.717) is 18.7 Å². The second-order valence-corrected chi connectivity index (χ2v) is 7.63. The fourth-order valence-corrected chi connectivity index (χ4v) is 4.06. The Morgan fingerprint density at radius 1 is 1.61 bits per heavy atom. The number of amides is 1. The molecular weight excluding hydrogens is 272 g/mol. The quantitative estimate of drug-likeness (QED) is 0.831. The lowest BCUT2D eigenvalue weighted by Gasteiger charge is -2.15. The van der Waals surface area contributed by atoms with Crippen molar-refractivity contribution in [1.29, 1.82) is 0 Å². The first-order chi connectivity index (χ1) is 8.37. The summed E-state index contributed by atoms with van der Waals surface area (Å²) in [6.07, 6.45) is 2.00. The first-order valence-electron chi connectivity index (χ1n) is 5.75. The number of carbonyl (C=O) groups excluding carboxylic acids is 1. The van der Waals surface area contributed by atoms with E-state index in [1.54, 1.807) is 10.3 Å². The summed E-state index contributed by atoms with van der Waals surface area (Å²) in [4.78, 5) is 13.9. The van der Waals surface area contributed by atoms with Crippen LogP contribution in [0.3, 0.4) is 0 Å². The van der Waals surface area contributed by atoms with Crippen molar-refractivity contribution < 1.29 is 13.2 Å². The summed E-state index contributed by atoms with van der Waals surface area (Å²) in [5, 5.41) is 1.75. The number of hydrogen-bond acceptors (Lipinski definition) is 5. The van der Waals surface area contributed by atoms with Crippen molar-refractivity contribution in [2.75, 3.05) is 25.1 Å². The summed E-state index contributed by atoms with van der Waals surface area (Å²) in [5.74, 6) is 0.200. The molecule has 5 nitrogen and oxygen atoms in total. The fourth-order valence-electron chi connectivity index (χ4n) is 2.25. The van der Waals surface area contributed by atoms with Crippen LogP contribution >= 0.6 is 11.5 Å². The van der Waals surface area contributed by atoms with Gasteiger partial charge in [-0.05, 0) is 30.8 Å². The predicted molar refractivity (Wildman–Crippen MR) is 70.6 cm³/mol. The Hall–Kier alpha value is -0.950. The summed E-state index contributed by atoms with van der Waals surface area (Å²) in [5.41, 5.74) is 1.39. The van der Waals surface area contributed by atoms with Crippen LogP contribution in [0.2, 0.25) is 0 Å². The molecule has 0 aliphatic carbocycles. The lowest BCUT2D eigenvalue weighted by Crippen LogP contribution is -2.29. The smallest absolute Gasteiger partial charge is 0.256 e. The van der Waals surface area contributed by atoms with E-state index in [0.717, 1.165) is 12.1 Å². The Labute approximate surface area is 111 Å². The van der Waals surface area contributed by atoms with E-state index < -0.39 is 9.84 Å². The van der Waals surface area contributed by atoms with Crippen LogP contribution in [0.4, 0.5) is 0 Å². The van der Waals surface area contributed by atoms with Crippen LogP contribution < -0.4 is 0 Å². The predicted octanol–water partition coefficient (Wildman–Crippen LogP) is 0.958. The molecule has 100 valence electrons. The summed E-state index contributed by atoms with van der Waals surface area (Å²) in [7, 11) is -2.97. The normalized spacial score (nSPS) is 20.3. The van der Waals surface area contributed by atoms with Crippen LogP contribution in [-0.2, 0) is 9.84 Å². The highest BCUT2D eigenvalue weighted by atomic mass is 32.2. The number of hydrogen-bond donors (Lipinski definition) is 0. The van der Waals surface area contributed by atoms with E-state index in [1.807, 2.05) is 6.92 Å². The Bertz CT molecular complexity index is 550. The number of nitrogens with zero attached hydrogens (tertiary/aromatic N) is 2. The van der Waals surface area contributed by atoms with Gasteiger partial charge in [0.15, 0.2) is 0 Å². The van der Waals surface area contributed by atoms with Crippen molar-refractivity contribution in [2.24, 2.45) is 5.92 Å². The molecule has 7 heteroatoms. The zero-order valence-corrected chi connectivity index (χ0v) is 12.1. The third-order valence-electron chi connectivity index (χ3n) is 3.09. The van der Waals surface area contributed by atoms with Gasteiger partial charge in [-0.15, -0.1) is 0 Å². The van der Waals surface area contributed by atoms with Gasteiger partial charge in [-0.3, -0.25) is 4.79 Å². The molecule has 1 aromatic rings. The topological polar surface area (TPSA) is 67.3 Å². The van der Waals surface area contributed by atoms with Crippen LogP contribution in [0.25, 0.3) is 0 Å². The molecule has 2 rings (SSSR count). The van der Waals surface area contributed by atoms with E-state index >= 15 is 0 Å². The minimum atomic E-state index is -2.97. The van der Waals surface area contributed by atoms with Gasteiger partial charge in [-0.25, -0.2) is 8.42 Å². The maximum Gasteiger partial charge on any atom is 0.256 e. The van der Waals surface area contributed by atoms with Crippen molar-refractivity contribution in [3.05, 3.63) is 16.6 Å². The van der Waals surface area contributed by atoms with E-state index in [-0.39, 0.29) is 17.6 Å². The molecule has 1 aliphatic rings. The molecule has 1 atom stereocenters. The SMILES string of the molecule is Cc1nscc1C(=O)N1CCC(CS(C)(=O)=O)C1. The highest BCUT2D eigenvalue weighted by molar-refractivity contribution is 7.90. The Morgan fingerprint density at radius 3 is 2.89 bits per heavy atom. The fraction of sp³-hybridized carbons (Fsp3) is 0.636. The summed E-state index contributed by atoms with van der Waals surface area (Å²) < 4.78 is 26.6. The van der Waals surface area contributed by atoms with Gasteiger partial charge in [-0.1, -0.05) is 0 Å². The summed E-state index contributed by atoms with van der Waals surface area (Å²) >= 11 is 1.27. The van der Waals surface area contributed by atoms with E-state index in [2.05, 4.69) is 4.37 Å². The average Bonchev–Trinajstić information content (AvgIpc) is 2.84. The second kappa shape index (κ2) is 4.97. The average molecular weight is 288 g/mol. The number of aromatic nitrogens is 1. The van der Waals surface area contributed by atoms with Crippen molar-refractivity contribution in [3.8, 4) is 0 Å². The van der Waals surface area contributed by atoms with E-state index in [4.69, 9.17) is 0 Å². The standard InChI is InChI=1S/C11H16N2O3S2/c1-8-10(6-17-12-8)11(14)13-4-3-9(5-13)7-18(2,15)16/h6,9H,3-5,7H2,1-2H3. The van der Waals surface area contributed by atoms with Crippen LogP contribution in [0.15, 0.2) is 5.38 Å². The van der Waals surface area contributed by atoms with Crippen LogP contribution in [0.1, 0.15) is 22.5 Å². The first kappa shape index (κ1) is 13.5. The molecule has 0 bridgehead atoms. The zero-order valence-electron chi connectivity index (χ0n) is 10.4. The maximum absolute atomic E-state index is 12.2. The van der Waals surface area contributed by atoms with Gasteiger partial charge in [0.05, 0.1) is 17.0 Å². The second-order valence-electron chi connectivity index (χ2n) is 4.81. The lowest BCUT2D eigenvalue weighted by molar-refractivity contribution is 0.0787. The van der Waals surface area contributed by atoms with Gasteiger partial charge in [0.2, 0.25) is 0 Å². The van der Waals surface area contributed by atoms with Crippen LogP contribution in [-0.4, -0.2) is 48.7 Å². The molecule has 0 radical (unpaired) electrons. The van der Waals surface area contributed by atoms with Gasteiger partial charge in [-0.2, -0.15) is 4.37 Å². The Balaban J connectivity index is 2.01. The largest absolute Gasteiger partial charge is 0.338 e. The highest BCUT2D eigenvalue weighted by Gasteiger charge is 2.30. The number of rotatable bonds is 3. The molecule has 2 heterocycles. The van der Waals surface area contributed by atoms with Crippen molar-refractivity contribution in [3.63, 3.8) is 0 Å². The molecule has 18 heavy (non-hydrogen) atoms. The molecule has 1 unspecified atom stereocenters.